The molecule has 2 aliphatic heterocycles. The number of hydrogen-bond acceptors (Lipinski definition) is 3. The highest BCUT2D eigenvalue weighted by atomic mass is 35.5. The lowest BCUT2D eigenvalue weighted by atomic mass is 9.91. The van der Waals surface area contributed by atoms with Gasteiger partial charge in [0.1, 0.15) is 0 Å². The van der Waals surface area contributed by atoms with E-state index < -0.39 is 0 Å². The third-order valence-corrected chi connectivity index (χ3v) is 5.19. The Hall–Kier alpha value is -1.10. The van der Waals surface area contributed by atoms with Crippen molar-refractivity contribution in [3.8, 4) is 0 Å². The molecule has 128 valence electrons. The molecule has 0 spiro atoms. The monoisotopic (exact) mass is 338 g/mol. The summed E-state index contributed by atoms with van der Waals surface area (Å²) in [6.45, 7) is 5.25. The Labute approximate surface area is 144 Å². The highest BCUT2D eigenvalue weighted by Gasteiger charge is 2.34. The minimum Gasteiger partial charge on any atom is -0.381 e. The van der Waals surface area contributed by atoms with Gasteiger partial charge in [0.2, 0.25) is 5.91 Å². The SMILES string of the molecule is Cc1ccccc1C1CCN(C(=O)C(N)C2CCOCC2)C1.Cl. The molecule has 1 aromatic rings. The molecule has 1 aromatic carbocycles. The van der Waals surface area contributed by atoms with Gasteiger partial charge in [-0.1, -0.05) is 24.3 Å². The Kier molecular flexibility index (Phi) is 6.45. The summed E-state index contributed by atoms with van der Waals surface area (Å²) < 4.78 is 5.36. The van der Waals surface area contributed by atoms with Crippen LogP contribution in [0, 0.1) is 12.8 Å². The van der Waals surface area contributed by atoms with E-state index in [0.29, 0.717) is 5.92 Å². The van der Waals surface area contributed by atoms with Crippen LogP contribution in [0.3, 0.4) is 0 Å². The topological polar surface area (TPSA) is 55.6 Å². The van der Waals surface area contributed by atoms with Gasteiger partial charge in [0.15, 0.2) is 0 Å². The zero-order valence-corrected chi connectivity index (χ0v) is 14.6. The van der Waals surface area contributed by atoms with Crippen molar-refractivity contribution in [3.63, 3.8) is 0 Å². The van der Waals surface area contributed by atoms with Crippen molar-refractivity contribution >= 4 is 18.3 Å². The van der Waals surface area contributed by atoms with Crippen molar-refractivity contribution in [1.29, 1.82) is 0 Å². The number of hydrogen-bond donors (Lipinski definition) is 1. The van der Waals surface area contributed by atoms with Crippen molar-refractivity contribution in [2.24, 2.45) is 11.7 Å². The van der Waals surface area contributed by atoms with Crippen molar-refractivity contribution in [2.75, 3.05) is 26.3 Å². The van der Waals surface area contributed by atoms with E-state index in [1.165, 1.54) is 11.1 Å². The predicted molar refractivity (Wildman–Crippen MR) is 93.9 cm³/mol. The van der Waals surface area contributed by atoms with Gasteiger partial charge in [-0.3, -0.25) is 4.79 Å². The molecule has 0 radical (unpaired) electrons. The molecule has 23 heavy (non-hydrogen) atoms. The molecule has 0 saturated carbocycles. The Balaban J connectivity index is 0.00000192. The highest BCUT2D eigenvalue weighted by molar-refractivity contribution is 5.85. The van der Waals surface area contributed by atoms with Crippen LogP contribution in [0.25, 0.3) is 0 Å². The molecule has 2 N–H and O–H groups in total. The van der Waals surface area contributed by atoms with Gasteiger partial charge in [0.25, 0.3) is 0 Å². The first-order valence-electron chi connectivity index (χ1n) is 8.34. The zero-order chi connectivity index (χ0) is 15.5. The van der Waals surface area contributed by atoms with E-state index >= 15 is 0 Å². The van der Waals surface area contributed by atoms with Crippen LogP contribution < -0.4 is 5.73 Å². The second kappa shape index (κ2) is 8.13. The van der Waals surface area contributed by atoms with Gasteiger partial charge >= 0.3 is 0 Å². The number of amides is 1. The van der Waals surface area contributed by atoms with Gasteiger partial charge in [-0.25, -0.2) is 0 Å². The molecule has 0 aliphatic carbocycles. The van der Waals surface area contributed by atoms with Crippen LogP contribution in [0.15, 0.2) is 24.3 Å². The molecule has 5 heteroatoms. The smallest absolute Gasteiger partial charge is 0.239 e. The van der Waals surface area contributed by atoms with Gasteiger partial charge in [0, 0.05) is 32.2 Å². The van der Waals surface area contributed by atoms with Crippen molar-refractivity contribution in [1.82, 2.24) is 4.90 Å². The average Bonchev–Trinajstić information content (AvgIpc) is 3.04. The minimum absolute atomic E-state index is 0. The van der Waals surface area contributed by atoms with E-state index in [1.54, 1.807) is 0 Å². The number of nitrogens with two attached hydrogens (primary N) is 1. The lowest BCUT2D eigenvalue weighted by Crippen LogP contribution is -2.48. The van der Waals surface area contributed by atoms with Crippen LogP contribution in [0.4, 0.5) is 0 Å². The zero-order valence-electron chi connectivity index (χ0n) is 13.7. The first-order valence-corrected chi connectivity index (χ1v) is 8.34. The van der Waals surface area contributed by atoms with E-state index in [4.69, 9.17) is 10.5 Å². The predicted octanol–water partition coefficient (Wildman–Crippen LogP) is 2.49. The molecule has 2 heterocycles. The summed E-state index contributed by atoms with van der Waals surface area (Å²) in [4.78, 5) is 14.6. The lowest BCUT2D eigenvalue weighted by Gasteiger charge is -2.29. The van der Waals surface area contributed by atoms with E-state index in [2.05, 4.69) is 31.2 Å². The quantitative estimate of drug-likeness (QED) is 0.921. The van der Waals surface area contributed by atoms with E-state index in [-0.39, 0.29) is 30.3 Å². The summed E-state index contributed by atoms with van der Waals surface area (Å²) in [5, 5.41) is 0. The molecule has 3 rings (SSSR count). The maximum absolute atomic E-state index is 12.7. The third-order valence-electron chi connectivity index (χ3n) is 5.19. The van der Waals surface area contributed by atoms with Crippen LogP contribution in [0.1, 0.15) is 36.3 Å². The normalized spacial score (nSPS) is 23.4. The number of halogens is 1. The average molecular weight is 339 g/mol. The van der Waals surface area contributed by atoms with E-state index in [0.717, 1.165) is 45.6 Å². The Morgan fingerprint density at radius 3 is 2.65 bits per heavy atom. The summed E-state index contributed by atoms with van der Waals surface area (Å²) in [5.74, 6) is 0.855. The van der Waals surface area contributed by atoms with Crippen LogP contribution in [-0.2, 0) is 9.53 Å². The second-order valence-electron chi connectivity index (χ2n) is 6.60. The molecule has 0 aromatic heterocycles. The molecular weight excluding hydrogens is 312 g/mol. The molecule has 4 nitrogen and oxygen atoms in total. The third kappa shape index (κ3) is 4.06. The molecule has 2 saturated heterocycles. The number of ether oxygens (including phenoxy) is 1. The van der Waals surface area contributed by atoms with Gasteiger partial charge < -0.3 is 15.4 Å². The maximum Gasteiger partial charge on any atom is 0.239 e. The number of nitrogens with zero attached hydrogens (tertiary/aromatic N) is 1. The second-order valence-corrected chi connectivity index (χ2v) is 6.60. The molecule has 2 aliphatic rings. The molecular formula is C18H27ClN2O2. The fraction of sp³-hybridized carbons (Fsp3) is 0.611. The number of carbonyl (C=O) groups is 1. The number of carbonyl (C=O) groups excluding carboxylic acids is 1. The molecule has 2 fully saturated rings. The minimum atomic E-state index is -0.362. The summed E-state index contributed by atoms with van der Waals surface area (Å²) in [7, 11) is 0. The van der Waals surface area contributed by atoms with Crippen LogP contribution >= 0.6 is 12.4 Å². The summed E-state index contributed by atoms with van der Waals surface area (Å²) in [6, 6.07) is 8.12. The first-order chi connectivity index (χ1) is 10.7. The molecule has 0 bridgehead atoms. The lowest BCUT2D eigenvalue weighted by molar-refractivity contribution is -0.133. The van der Waals surface area contributed by atoms with Gasteiger partial charge in [0.05, 0.1) is 6.04 Å². The van der Waals surface area contributed by atoms with E-state index in [9.17, 15) is 4.79 Å². The van der Waals surface area contributed by atoms with Crippen LogP contribution in [0.2, 0.25) is 0 Å². The van der Waals surface area contributed by atoms with Crippen molar-refractivity contribution < 1.29 is 9.53 Å². The summed E-state index contributed by atoms with van der Waals surface area (Å²) in [5.41, 5.74) is 8.93. The van der Waals surface area contributed by atoms with Crippen molar-refractivity contribution in [2.45, 2.75) is 38.1 Å². The van der Waals surface area contributed by atoms with E-state index in [1.807, 2.05) is 4.90 Å². The molecule has 2 atom stereocenters. The standard InChI is InChI=1S/C18H26N2O2.ClH/c1-13-4-2-3-5-16(13)15-6-9-20(12-15)18(21)17(19)14-7-10-22-11-8-14;/h2-5,14-15,17H,6-12,19H2,1H3;1H. The number of likely N-dealkylation sites (tertiary alicyclic amines) is 1. The largest absolute Gasteiger partial charge is 0.381 e. The Morgan fingerprint density at radius 1 is 1.26 bits per heavy atom. The summed E-state index contributed by atoms with van der Waals surface area (Å²) >= 11 is 0. The number of rotatable bonds is 3. The van der Waals surface area contributed by atoms with Gasteiger partial charge in [-0.15, -0.1) is 12.4 Å². The number of aryl methyl sites for hydroxylation is 1. The highest BCUT2D eigenvalue weighted by Crippen LogP contribution is 2.30. The fourth-order valence-electron chi connectivity index (χ4n) is 3.75. The summed E-state index contributed by atoms with van der Waals surface area (Å²) in [6.07, 6.45) is 2.85. The van der Waals surface area contributed by atoms with Crippen LogP contribution in [0.5, 0.6) is 0 Å². The molecule has 1 amide bonds. The number of benzene rings is 1. The first kappa shape index (κ1) is 18.2. The van der Waals surface area contributed by atoms with Gasteiger partial charge in [-0.2, -0.15) is 0 Å². The van der Waals surface area contributed by atoms with Crippen molar-refractivity contribution in [3.05, 3.63) is 35.4 Å². The van der Waals surface area contributed by atoms with Gasteiger partial charge in [-0.05, 0) is 43.2 Å². The fourth-order valence-corrected chi connectivity index (χ4v) is 3.75. The maximum atomic E-state index is 12.7. The Morgan fingerprint density at radius 2 is 1.96 bits per heavy atom. The van der Waals surface area contributed by atoms with Crippen LogP contribution in [-0.4, -0.2) is 43.2 Å². The Bertz CT molecular complexity index is 532. The molecule has 2 unspecified atom stereocenters.